The van der Waals surface area contributed by atoms with Crippen molar-refractivity contribution >= 4 is 35.2 Å². The predicted molar refractivity (Wildman–Crippen MR) is 117 cm³/mol. The number of amides is 2. The lowest BCUT2D eigenvalue weighted by molar-refractivity contribution is -0.155. The Morgan fingerprint density at radius 1 is 0.844 bits per heavy atom. The van der Waals surface area contributed by atoms with Crippen molar-refractivity contribution in [2.75, 3.05) is 6.61 Å². The molecule has 0 heterocycles. The minimum atomic E-state index is -0.672. The quantitative estimate of drug-likeness (QED) is 0.396. The molecule has 0 unspecified atom stereocenters. The normalized spacial score (nSPS) is 23.4. The van der Waals surface area contributed by atoms with Gasteiger partial charge in [-0.15, -0.1) is 0 Å². The second-order valence-electron chi connectivity index (χ2n) is 8.23. The average Bonchev–Trinajstić information content (AvgIpc) is 3.43. The number of fused-ring (bicyclic) bond motifs is 2. The predicted octanol–water partition coefficient (Wildman–Crippen LogP) is 3.19. The van der Waals surface area contributed by atoms with E-state index in [0.717, 1.165) is 19.3 Å². The van der Waals surface area contributed by atoms with Crippen LogP contribution < -0.4 is 10.9 Å². The molecule has 2 N–H and O–H groups in total. The van der Waals surface area contributed by atoms with Crippen molar-refractivity contribution in [1.29, 1.82) is 0 Å². The molecule has 2 amide bonds. The molecule has 4 atom stereocenters. The first-order chi connectivity index (χ1) is 15.4. The highest BCUT2D eigenvalue weighted by Gasteiger charge is 2.54. The number of Topliss-reactive ketones (excluding diaryl/α,β-unsaturated/α-hetero) is 1. The Labute approximate surface area is 190 Å². The fraction of sp³-hybridized carbons (Fsp3) is 0.333. The summed E-state index contributed by atoms with van der Waals surface area (Å²) in [4.78, 5) is 50.0. The Balaban J connectivity index is 1.31. The summed E-state index contributed by atoms with van der Waals surface area (Å²) < 4.78 is 5.24. The van der Waals surface area contributed by atoms with Gasteiger partial charge < -0.3 is 4.74 Å². The molecule has 2 saturated carbocycles. The topological polar surface area (TPSA) is 102 Å². The summed E-state index contributed by atoms with van der Waals surface area (Å²) in [7, 11) is 0. The number of esters is 1. The molecule has 2 bridgehead atoms. The van der Waals surface area contributed by atoms with Crippen LogP contribution in [-0.4, -0.2) is 30.2 Å². The Bertz CT molecular complexity index is 1020. The van der Waals surface area contributed by atoms with Gasteiger partial charge in [-0.1, -0.05) is 41.9 Å². The molecular formula is C24H23ClN2O5. The van der Waals surface area contributed by atoms with Gasteiger partial charge in [-0.25, -0.2) is 0 Å². The highest BCUT2D eigenvalue weighted by molar-refractivity contribution is 6.30. The van der Waals surface area contributed by atoms with Crippen molar-refractivity contribution in [3.63, 3.8) is 0 Å². The monoisotopic (exact) mass is 454 g/mol. The van der Waals surface area contributed by atoms with E-state index >= 15 is 0 Å². The molecule has 8 heteroatoms. The molecule has 0 spiro atoms. The summed E-state index contributed by atoms with van der Waals surface area (Å²) in [5.41, 5.74) is 5.38. The summed E-state index contributed by atoms with van der Waals surface area (Å²) in [6.07, 6.45) is 2.63. The number of halogens is 1. The van der Waals surface area contributed by atoms with Crippen molar-refractivity contribution in [2.45, 2.75) is 19.3 Å². The fourth-order valence-electron chi connectivity index (χ4n) is 4.87. The number of carbonyl (C=O) groups excluding carboxylic acids is 4. The average molecular weight is 455 g/mol. The molecule has 2 fully saturated rings. The standard InChI is InChI=1S/C24H23ClN2O5/c25-18-10-8-15(9-11-18)23(30)27-26-19(28)13-32-24(31)21-17-7-6-16(12-17)20(21)22(29)14-4-2-1-3-5-14/h1-5,8-11,16-17,20-21H,6-7,12-13H2,(H,26,28)(H,27,30)/t16-,17-,20-,21+/m0/s1. The zero-order chi connectivity index (χ0) is 22.7. The van der Waals surface area contributed by atoms with E-state index < -0.39 is 36.2 Å². The van der Waals surface area contributed by atoms with Gasteiger partial charge in [-0.2, -0.15) is 0 Å². The van der Waals surface area contributed by atoms with E-state index in [1.54, 1.807) is 36.4 Å². The molecular weight excluding hydrogens is 432 g/mol. The molecule has 166 valence electrons. The maximum absolute atomic E-state index is 13.1. The van der Waals surface area contributed by atoms with Crippen LogP contribution in [0.2, 0.25) is 5.02 Å². The number of rotatable bonds is 6. The van der Waals surface area contributed by atoms with Crippen molar-refractivity contribution < 1.29 is 23.9 Å². The van der Waals surface area contributed by atoms with E-state index in [0.29, 0.717) is 16.1 Å². The molecule has 2 aliphatic rings. The lowest BCUT2D eigenvalue weighted by atomic mass is 9.75. The number of carbonyl (C=O) groups is 4. The van der Waals surface area contributed by atoms with E-state index in [2.05, 4.69) is 10.9 Å². The third kappa shape index (κ3) is 4.67. The number of ketones is 1. The zero-order valence-electron chi connectivity index (χ0n) is 17.3. The maximum atomic E-state index is 13.1. The van der Waals surface area contributed by atoms with Crippen molar-refractivity contribution in [3.05, 3.63) is 70.7 Å². The van der Waals surface area contributed by atoms with Gasteiger partial charge in [-0.05, 0) is 55.4 Å². The van der Waals surface area contributed by atoms with E-state index in [1.165, 1.54) is 12.1 Å². The number of benzene rings is 2. The van der Waals surface area contributed by atoms with Gasteiger partial charge >= 0.3 is 5.97 Å². The SMILES string of the molecule is O=C(COC(=O)[C@@H]1[C@H]2CC[C@@H](C2)[C@@H]1C(=O)c1ccccc1)NNC(=O)c1ccc(Cl)cc1. The summed E-state index contributed by atoms with van der Waals surface area (Å²) in [6, 6.07) is 15.1. The van der Waals surface area contributed by atoms with Crippen LogP contribution in [0.5, 0.6) is 0 Å². The van der Waals surface area contributed by atoms with Crippen LogP contribution in [0.3, 0.4) is 0 Å². The number of hydrogen-bond donors (Lipinski definition) is 2. The van der Waals surface area contributed by atoms with Gasteiger partial charge in [0.05, 0.1) is 5.92 Å². The highest BCUT2D eigenvalue weighted by Crippen LogP contribution is 2.53. The molecule has 4 rings (SSSR count). The summed E-state index contributed by atoms with van der Waals surface area (Å²) in [5.74, 6) is -2.48. The summed E-state index contributed by atoms with van der Waals surface area (Å²) >= 11 is 5.79. The number of hydrazine groups is 1. The van der Waals surface area contributed by atoms with Crippen molar-refractivity contribution in [3.8, 4) is 0 Å². The van der Waals surface area contributed by atoms with Gasteiger partial charge in [0.15, 0.2) is 12.4 Å². The molecule has 2 aromatic carbocycles. The van der Waals surface area contributed by atoms with Crippen molar-refractivity contribution in [1.82, 2.24) is 10.9 Å². The highest BCUT2D eigenvalue weighted by atomic mass is 35.5. The molecule has 0 saturated heterocycles. The Morgan fingerprint density at radius 3 is 2.19 bits per heavy atom. The van der Waals surface area contributed by atoms with Crippen LogP contribution in [0, 0.1) is 23.7 Å². The molecule has 0 aromatic heterocycles. The molecule has 32 heavy (non-hydrogen) atoms. The summed E-state index contributed by atoms with van der Waals surface area (Å²) in [6.45, 7) is -0.542. The first-order valence-electron chi connectivity index (χ1n) is 10.5. The number of hydrogen-bond acceptors (Lipinski definition) is 5. The second kappa shape index (κ2) is 9.53. The van der Waals surface area contributed by atoms with Crippen LogP contribution in [0.4, 0.5) is 0 Å². The second-order valence-corrected chi connectivity index (χ2v) is 8.67. The third-order valence-corrected chi connectivity index (χ3v) is 6.57. The van der Waals surface area contributed by atoms with E-state index in [1.807, 2.05) is 6.07 Å². The molecule has 2 aliphatic carbocycles. The van der Waals surface area contributed by atoms with Crippen LogP contribution in [0.15, 0.2) is 54.6 Å². The lowest BCUT2D eigenvalue weighted by Crippen LogP contribution is -2.44. The van der Waals surface area contributed by atoms with E-state index in [9.17, 15) is 19.2 Å². The Kier molecular flexibility index (Phi) is 6.55. The Hall–Kier alpha value is -3.19. The van der Waals surface area contributed by atoms with Gasteiger partial charge in [-0.3, -0.25) is 30.0 Å². The first-order valence-corrected chi connectivity index (χ1v) is 10.9. The lowest BCUT2D eigenvalue weighted by Gasteiger charge is -2.28. The molecule has 7 nitrogen and oxygen atoms in total. The fourth-order valence-corrected chi connectivity index (χ4v) is 5.00. The maximum Gasteiger partial charge on any atom is 0.310 e. The van der Waals surface area contributed by atoms with Crippen LogP contribution in [0.1, 0.15) is 40.0 Å². The summed E-state index contributed by atoms with van der Waals surface area (Å²) in [5, 5.41) is 0.488. The molecule has 2 aromatic rings. The van der Waals surface area contributed by atoms with Gasteiger partial charge in [0, 0.05) is 22.1 Å². The minimum absolute atomic E-state index is 0.0422. The van der Waals surface area contributed by atoms with Crippen LogP contribution in [0.25, 0.3) is 0 Å². The van der Waals surface area contributed by atoms with Crippen LogP contribution in [-0.2, 0) is 14.3 Å². The van der Waals surface area contributed by atoms with E-state index in [4.69, 9.17) is 16.3 Å². The van der Waals surface area contributed by atoms with Gasteiger partial charge in [0.1, 0.15) is 0 Å². The zero-order valence-corrected chi connectivity index (χ0v) is 18.0. The Morgan fingerprint density at radius 2 is 1.50 bits per heavy atom. The van der Waals surface area contributed by atoms with Crippen molar-refractivity contribution in [2.24, 2.45) is 23.7 Å². The molecule has 0 aliphatic heterocycles. The largest absolute Gasteiger partial charge is 0.455 e. The number of ether oxygens (including phenoxy) is 1. The minimum Gasteiger partial charge on any atom is -0.455 e. The van der Waals surface area contributed by atoms with Crippen LogP contribution >= 0.6 is 11.6 Å². The first kappa shape index (κ1) is 22.0. The van der Waals surface area contributed by atoms with E-state index in [-0.39, 0.29) is 17.6 Å². The van der Waals surface area contributed by atoms with Gasteiger partial charge in [0.25, 0.3) is 11.8 Å². The third-order valence-electron chi connectivity index (χ3n) is 6.32. The van der Waals surface area contributed by atoms with Gasteiger partial charge in [0.2, 0.25) is 0 Å². The smallest absolute Gasteiger partial charge is 0.310 e. The molecule has 0 radical (unpaired) electrons. The number of nitrogens with one attached hydrogen (secondary N) is 2.